The fourth-order valence-corrected chi connectivity index (χ4v) is 1.27. The van der Waals surface area contributed by atoms with Crippen LogP contribution in [0.15, 0.2) is 12.7 Å². The van der Waals surface area contributed by atoms with Gasteiger partial charge >= 0.3 is 6.09 Å². The van der Waals surface area contributed by atoms with Crippen molar-refractivity contribution in [3.8, 4) is 0 Å². The largest absolute Gasteiger partial charge is 0.445 e. The molecule has 5 heteroatoms. The van der Waals surface area contributed by atoms with E-state index >= 15 is 0 Å². The highest BCUT2D eigenvalue weighted by molar-refractivity contribution is 7.81. The van der Waals surface area contributed by atoms with E-state index in [9.17, 15) is 4.79 Å². The molecular formula is C8H13NO3S. The van der Waals surface area contributed by atoms with Gasteiger partial charge in [-0.3, -0.25) is 5.32 Å². The summed E-state index contributed by atoms with van der Waals surface area (Å²) in [4.78, 5) is 11.0. The molecule has 0 spiro atoms. The van der Waals surface area contributed by atoms with Crippen molar-refractivity contribution in [2.45, 2.75) is 17.9 Å². The summed E-state index contributed by atoms with van der Waals surface area (Å²) in [7, 11) is 0. The molecule has 1 saturated heterocycles. The maximum Gasteiger partial charge on any atom is 0.409 e. The van der Waals surface area contributed by atoms with Gasteiger partial charge in [0.1, 0.15) is 12.8 Å². The van der Waals surface area contributed by atoms with Gasteiger partial charge in [-0.25, -0.2) is 4.79 Å². The van der Waals surface area contributed by atoms with Crippen LogP contribution in [0.2, 0.25) is 0 Å². The molecular weight excluding hydrogens is 190 g/mol. The molecule has 1 N–H and O–H groups in total. The Morgan fingerprint density at radius 2 is 2.62 bits per heavy atom. The van der Waals surface area contributed by atoms with Crippen molar-refractivity contribution in [2.75, 3.05) is 13.2 Å². The third-order valence-electron chi connectivity index (χ3n) is 1.65. The highest BCUT2D eigenvalue weighted by atomic mass is 32.1. The number of hydrogen-bond acceptors (Lipinski definition) is 4. The minimum atomic E-state index is -0.495. The summed E-state index contributed by atoms with van der Waals surface area (Å²) in [5, 5.41) is 2.61. The van der Waals surface area contributed by atoms with Crippen LogP contribution < -0.4 is 5.32 Å². The van der Waals surface area contributed by atoms with E-state index < -0.39 is 6.09 Å². The molecule has 0 aromatic rings. The molecule has 1 rings (SSSR count). The first-order valence-corrected chi connectivity index (χ1v) is 4.59. The number of carbonyl (C=O) groups excluding carboxylic acids is 1. The van der Waals surface area contributed by atoms with Crippen molar-refractivity contribution in [1.82, 2.24) is 5.32 Å². The fraction of sp³-hybridized carbons (Fsp3) is 0.625. The molecule has 0 radical (unpaired) electrons. The molecule has 1 fully saturated rings. The van der Waals surface area contributed by atoms with E-state index in [-0.39, 0.29) is 18.1 Å². The summed E-state index contributed by atoms with van der Waals surface area (Å²) in [6.45, 7) is 4.26. The Kier molecular flexibility index (Phi) is 4.11. The molecule has 1 aliphatic heterocycles. The smallest absolute Gasteiger partial charge is 0.409 e. The van der Waals surface area contributed by atoms with Crippen LogP contribution in [0.25, 0.3) is 0 Å². The van der Waals surface area contributed by atoms with Crippen LogP contribution in [0.4, 0.5) is 4.79 Å². The Labute approximate surface area is 82.7 Å². The number of alkyl carbamates (subject to hydrolysis) is 1. The third kappa shape index (κ3) is 3.28. The molecule has 0 aromatic carbocycles. The van der Waals surface area contributed by atoms with Crippen LogP contribution in [0.5, 0.6) is 0 Å². The zero-order chi connectivity index (χ0) is 9.68. The van der Waals surface area contributed by atoms with Gasteiger partial charge in [0.05, 0.1) is 6.61 Å². The van der Waals surface area contributed by atoms with E-state index in [0.29, 0.717) is 6.61 Å². The average molecular weight is 203 g/mol. The number of ether oxygens (including phenoxy) is 2. The molecule has 2 unspecified atom stereocenters. The Bertz CT molecular complexity index is 198. The summed E-state index contributed by atoms with van der Waals surface area (Å²) >= 11 is 4.24. The molecule has 0 bridgehead atoms. The maximum atomic E-state index is 11.0. The van der Waals surface area contributed by atoms with Crippen LogP contribution in [-0.4, -0.2) is 30.8 Å². The number of nitrogens with one attached hydrogen (secondary N) is 1. The van der Waals surface area contributed by atoms with Crippen molar-refractivity contribution >= 4 is 18.7 Å². The van der Waals surface area contributed by atoms with E-state index in [0.717, 1.165) is 6.42 Å². The number of hydrogen-bond donors (Lipinski definition) is 2. The molecule has 1 amide bonds. The van der Waals surface area contributed by atoms with Crippen molar-refractivity contribution < 1.29 is 14.3 Å². The summed E-state index contributed by atoms with van der Waals surface area (Å²) in [6.07, 6.45) is 1.52. The van der Waals surface area contributed by atoms with Crippen molar-refractivity contribution in [2.24, 2.45) is 0 Å². The van der Waals surface area contributed by atoms with Crippen LogP contribution >= 0.6 is 12.6 Å². The summed E-state index contributed by atoms with van der Waals surface area (Å²) in [6, 6.07) is 0. The lowest BCUT2D eigenvalue weighted by molar-refractivity contribution is 0.0750. The number of amides is 1. The molecule has 2 atom stereocenters. The first-order valence-electron chi connectivity index (χ1n) is 4.08. The van der Waals surface area contributed by atoms with Gasteiger partial charge in [-0.1, -0.05) is 12.7 Å². The van der Waals surface area contributed by atoms with Crippen LogP contribution in [0, 0.1) is 0 Å². The van der Waals surface area contributed by atoms with Gasteiger partial charge < -0.3 is 9.47 Å². The standard InChI is InChI=1S/C8H13NO3S/c1-2-4-12-8(10)9-7-6(13)3-5-11-7/h2,6-7,13H,1,3-5H2,(H,9,10). The third-order valence-corrected chi connectivity index (χ3v) is 2.18. The van der Waals surface area contributed by atoms with Gasteiger partial charge in [0.2, 0.25) is 0 Å². The van der Waals surface area contributed by atoms with Gasteiger partial charge in [-0.2, -0.15) is 12.6 Å². The first kappa shape index (κ1) is 10.4. The predicted octanol–water partition coefficient (Wildman–Crippen LogP) is 0.943. The molecule has 13 heavy (non-hydrogen) atoms. The van der Waals surface area contributed by atoms with Crippen molar-refractivity contribution in [1.29, 1.82) is 0 Å². The fourth-order valence-electron chi connectivity index (χ4n) is 1.01. The minimum Gasteiger partial charge on any atom is -0.445 e. The molecule has 4 nitrogen and oxygen atoms in total. The van der Waals surface area contributed by atoms with Gasteiger partial charge in [-0.05, 0) is 6.42 Å². The molecule has 0 aliphatic carbocycles. The van der Waals surface area contributed by atoms with Crippen LogP contribution in [-0.2, 0) is 9.47 Å². The van der Waals surface area contributed by atoms with Gasteiger partial charge in [0, 0.05) is 5.25 Å². The summed E-state index contributed by atoms with van der Waals surface area (Å²) < 4.78 is 9.92. The SMILES string of the molecule is C=CCOC(=O)NC1OCCC1S. The second-order valence-electron chi connectivity index (χ2n) is 2.68. The lowest BCUT2D eigenvalue weighted by atomic mass is 10.3. The zero-order valence-electron chi connectivity index (χ0n) is 7.23. The Balaban J connectivity index is 2.22. The highest BCUT2D eigenvalue weighted by Crippen LogP contribution is 2.16. The minimum absolute atomic E-state index is 0.0521. The van der Waals surface area contributed by atoms with Gasteiger partial charge in [0.15, 0.2) is 0 Å². The lowest BCUT2D eigenvalue weighted by Gasteiger charge is -2.14. The molecule has 0 aromatic heterocycles. The topological polar surface area (TPSA) is 47.6 Å². The van der Waals surface area contributed by atoms with E-state index in [2.05, 4.69) is 24.5 Å². The Morgan fingerprint density at radius 1 is 1.85 bits per heavy atom. The number of thiol groups is 1. The average Bonchev–Trinajstić information content (AvgIpc) is 2.48. The van der Waals surface area contributed by atoms with E-state index in [1.807, 2.05) is 0 Å². The van der Waals surface area contributed by atoms with Gasteiger partial charge in [0.25, 0.3) is 0 Å². The summed E-state index contributed by atoms with van der Waals surface area (Å²) in [5.74, 6) is 0. The maximum absolute atomic E-state index is 11.0. The second kappa shape index (κ2) is 5.14. The van der Waals surface area contributed by atoms with Crippen molar-refractivity contribution in [3.63, 3.8) is 0 Å². The van der Waals surface area contributed by atoms with Crippen LogP contribution in [0.1, 0.15) is 6.42 Å². The number of rotatable bonds is 3. The predicted molar refractivity (Wildman–Crippen MR) is 51.8 cm³/mol. The van der Waals surface area contributed by atoms with E-state index in [1.54, 1.807) is 0 Å². The molecule has 1 heterocycles. The van der Waals surface area contributed by atoms with Crippen molar-refractivity contribution in [3.05, 3.63) is 12.7 Å². The normalized spacial score (nSPS) is 26.8. The molecule has 0 saturated carbocycles. The highest BCUT2D eigenvalue weighted by Gasteiger charge is 2.26. The second-order valence-corrected chi connectivity index (χ2v) is 3.34. The quantitative estimate of drug-likeness (QED) is 0.530. The molecule has 1 aliphatic rings. The lowest BCUT2D eigenvalue weighted by Crippen LogP contribution is -2.39. The number of carbonyl (C=O) groups is 1. The Morgan fingerprint density at radius 3 is 3.15 bits per heavy atom. The van der Waals surface area contributed by atoms with Crippen LogP contribution in [0.3, 0.4) is 0 Å². The van der Waals surface area contributed by atoms with E-state index in [1.165, 1.54) is 6.08 Å². The monoisotopic (exact) mass is 203 g/mol. The van der Waals surface area contributed by atoms with E-state index in [4.69, 9.17) is 9.47 Å². The zero-order valence-corrected chi connectivity index (χ0v) is 8.13. The summed E-state index contributed by atoms with van der Waals surface area (Å²) in [5.41, 5.74) is 0. The first-order chi connectivity index (χ1) is 6.24. The van der Waals surface area contributed by atoms with Gasteiger partial charge in [-0.15, -0.1) is 0 Å². The molecule has 74 valence electrons. The Hall–Kier alpha value is -0.680.